The van der Waals surface area contributed by atoms with Crippen molar-refractivity contribution in [1.82, 2.24) is 15.1 Å². The van der Waals surface area contributed by atoms with E-state index in [2.05, 4.69) is 22.0 Å². The summed E-state index contributed by atoms with van der Waals surface area (Å²) in [6.45, 7) is 13.4. The summed E-state index contributed by atoms with van der Waals surface area (Å²) < 4.78 is 0. The van der Waals surface area contributed by atoms with Crippen LogP contribution in [0, 0.1) is 0 Å². The molecule has 0 aliphatic carbocycles. The summed E-state index contributed by atoms with van der Waals surface area (Å²) in [5.41, 5.74) is -0.779. The monoisotopic (exact) mass is 285 g/mol. The van der Waals surface area contributed by atoms with E-state index in [1.165, 1.54) is 13.0 Å². The molecule has 1 unspecified atom stereocenters. The number of piperazine rings is 1. The van der Waals surface area contributed by atoms with E-state index in [-0.39, 0.29) is 0 Å². The summed E-state index contributed by atoms with van der Waals surface area (Å²) in [4.78, 5) is 16.3. The molecule has 1 rings (SSSR count). The van der Waals surface area contributed by atoms with Gasteiger partial charge in [0.1, 0.15) is 5.54 Å². The maximum absolute atomic E-state index is 11.3. The largest absolute Gasteiger partial charge is 0.480 e. The van der Waals surface area contributed by atoms with Gasteiger partial charge in [0.2, 0.25) is 0 Å². The van der Waals surface area contributed by atoms with Crippen LogP contribution >= 0.6 is 0 Å². The number of hydrogen-bond donors (Lipinski definition) is 2. The summed E-state index contributed by atoms with van der Waals surface area (Å²) in [6, 6.07) is 0. The number of hydrogen-bond acceptors (Lipinski definition) is 4. The van der Waals surface area contributed by atoms with Gasteiger partial charge in [-0.1, -0.05) is 13.8 Å². The summed E-state index contributed by atoms with van der Waals surface area (Å²) in [6.07, 6.45) is 2.84. The van der Waals surface area contributed by atoms with Gasteiger partial charge in [0, 0.05) is 26.2 Å². The highest BCUT2D eigenvalue weighted by Gasteiger charge is 2.31. The zero-order valence-electron chi connectivity index (χ0n) is 13.3. The fourth-order valence-corrected chi connectivity index (χ4v) is 2.87. The third kappa shape index (κ3) is 5.38. The van der Waals surface area contributed by atoms with Crippen molar-refractivity contribution in [3.63, 3.8) is 0 Å². The van der Waals surface area contributed by atoms with Gasteiger partial charge in [0.25, 0.3) is 0 Å². The van der Waals surface area contributed by atoms with E-state index in [1.807, 2.05) is 6.92 Å². The first-order chi connectivity index (χ1) is 9.51. The quantitative estimate of drug-likeness (QED) is 0.668. The maximum atomic E-state index is 11.3. The third-order valence-electron chi connectivity index (χ3n) is 4.19. The van der Waals surface area contributed by atoms with Gasteiger partial charge in [-0.2, -0.15) is 0 Å². The average Bonchev–Trinajstić information content (AvgIpc) is 2.41. The van der Waals surface area contributed by atoms with Crippen LogP contribution in [-0.4, -0.2) is 72.2 Å². The first kappa shape index (κ1) is 17.4. The Kier molecular flexibility index (Phi) is 7.48. The molecule has 20 heavy (non-hydrogen) atoms. The Bertz CT molecular complexity index is 291. The zero-order valence-corrected chi connectivity index (χ0v) is 13.3. The van der Waals surface area contributed by atoms with Crippen molar-refractivity contribution in [2.24, 2.45) is 0 Å². The lowest BCUT2D eigenvalue weighted by Gasteiger charge is -2.35. The Morgan fingerprint density at radius 1 is 1.15 bits per heavy atom. The lowest BCUT2D eigenvalue weighted by atomic mass is 9.95. The molecular formula is C15H31N3O2. The second-order valence-corrected chi connectivity index (χ2v) is 5.95. The lowest BCUT2D eigenvalue weighted by molar-refractivity contribution is -0.144. The van der Waals surface area contributed by atoms with E-state index in [9.17, 15) is 9.90 Å². The molecule has 0 aromatic rings. The maximum Gasteiger partial charge on any atom is 0.323 e. The molecule has 0 spiro atoms. The molecule has 0 aromatic carbocycles. The Labute approximate surface area is 123 Å². The van der Waals surface area contributed by atoms with Gasteiger partial charge < -0.3 is 20.2 Å². The molecule has 5 heteroatoms. The van der Waals surface area contributed by atoms with Gasteiger partial charge in [-0.15, -0.1) is 0 Å². The standard InChI is InChI=1S/C15H31N3O2/c1-4-8-17-10-12-18(13-11-17)9-6-7-15(3,14(19)20)16-5-2/h16H,4-13H2,1-3H3,(H,19,20). The fourth-order valence-electron chi connectivity index (χ4n) is 2.87. The van der Waals surface area contributed by atoms with Crippen LogP contribution in [0.2, 0.25) is 0 Å². The number of nitrogens with zero attached hydrogens (tertiary/aromatic N) is 2. The van der Waals surface area contributed by atoms with Gasteiger partial charge in [0.15, 0.2) is 0 Å². The zero-order chi connectivity index (χ0) is 15.0. The van der Waals surface area contributed by atoms with Crippen molar-refractivity contribution >= 4 is 5.97 Å². The van der Waals surface area contributed by atoms with Crippen LogP contribution in [0.3, 0.4) is 0 Å². The topological polar surface area (TPSA) is 55.8 Å². The van der Waals surface area contributed by atoms with Crippen LogP contribution in [-0.2, 0) is 4.79 Å². The van der Waals surface area contributed by atoms with Crippen molar-refractivity contribution < 1.29 is 9.90 Å². The molecule has 5 nitrogen and oxygen atoms in total. The predicted octanol–water partition coefficient (Wildman–Crippen LogP) is 1.25. The molecule has 1 heterocycles. The highest BCUT2D eigenvalue weighted by Crippen LogP contribution is 2.14. The van der Waals surface area contributed by atoms with E-state index < -0.39 is 11.5 Å². The molecule has 0 bridgehead atoms. The highest BCUT2D eigenvalue weighted by molar-refractivity contribution is 5.78. The fraction of sp³-hybridized carbons (Fsp3) is 0.933. The smallest absolute Gasteiger partial charge is 0.323 e. The number of nitrogens with one attached hydrogen (secondary N) is 1. The minimum atomic E-state index is -0.779. The van der Waals surface area contributed by atoms with Crippen molar-refractivity contribution in [1.29, 1.82) is 0 Å². The van der Waals surface area contributed by atoms with Crippen molar-refractivity contribution in [3.8, 4) is 0 Å². The van der Waals surface area contributed by atoms with Crippen LogP contribution in [0.25, 0.3) is 0 Å². The van der Waals surface area contributed by atoms with Crippen LogP contribution in [0.5, 0.6) is 0 Å². The Balaban J connectivity index is 2.25. The van der Waals surface area contributed by atoms with E-state index in [1.54, 1.807) is 6.92 Å². The molecule has 2 N–H and O–H groups in total. The van der Waals surface area contributed by atoms with Crippen LogP contribution in [0.4, 0.5) is 0 Å². The van der Waals surface area contributed by atoms with E-state index in [4.69, 9.17) is 0 Å². The number of likely N-dealkylation sites (N-methyl/N-ethyl adjacent to an activating group) is 1. The average molecular weight is 285 g/mol. The van der Waals surface area contributed by atoms with Crippen molar-refractivity contribution in [2.75, 3.05) is 45.8 Å². The predicted molar refractivity (Wildman–Crippen MR) is 82.1 cm³/mol. The molecule has 1 fully saturated rings. The number of rotatable bonds is 9. The minimum Gasteiger partial charge on any atom is -0.480 e. The molecule has 1 atom stereocenters. The third-order valence-corrected chi connectivity index (χ3v) is 4.19. The number of aliphatic carboxylic acids is 1. The van der Waals surface area contributed by atoms with Gasteiger partial charge in [0.05, 0.1) is 0 Å². The molecule has 0 amide bonds. The molecule has 118 valence electrons. The van der Waals surface area contributed by atoms with Crippen LogP contribution < -0.4 is 5.32 Å². The SMILES string of the molecule is CCCN1CCN(CCCC(C)(NCC)C(=O)O)CC1. The number of carboxylic acid groups (broad SMARTS) is 1. The molecular weight excluding hydrogens is 254 g/mol. The van der Waals surface area contributed by atoms with E-state index in [0.717, 1.165) is 39.1 Å². The van der Waals surface area contributed by atoms with Crippen molar-refractivity contribution in [3.05, 3.63) is 0 Å². The Hall–Kier alpha value is -0.650. The van der Waals surface area contributed by atoms with Crippen LogP contribution in [0.1, 0.15) is 40.0 Å². The second-order valence-electron chi connectivity index (χ2n) is 5.95. The number of carbonyl (C=O) groups is 1. The molecule has 0 aromatic heterocycles. The van der Waals surface area contributed by atoms with Gasteiger partial charge in [-0.25, -0.2) is 0 Å². The Morgan fingerprint density at radius 2 is 1.70 bits per heavy atom. The van der Waals surface area contributed by atoms with Crippen LogP contribution in [0.15, 0.2) is 0 Å². The summed E-state index contributed by atoms with van der Waals surface area (Å²) in [7, 11) is 0. The van der Waals surface area contributed by atoms with E-state index in [0.29, 0.717) is 13.0 Å². The van der Waals surface area contributed by atoms with Gasteiger partial charge in [-0.05, 0) is 45.8 Å². The molecule has 0 saturated carbocycles. The first-order valence-electron chi connectivity index (χ1n) is 7.95. The van der Waals surface area contributed by atoms with Gasteiger partial charge >= 0.3 is 5.97 Å². The highest BCUT2D eigenvalue weighted by atomic mass is 16.4. The van der Waals surface area contributed by atoms with E-state index >= 15 is 0 Å². The first-order valence-corrected chi connectivity index (χ1v) is 7.95. The van der Waals surface area contributed by atoms with Gasteiger partial charge in [-0.3, -0.25) is 4.79 Å². The Morgan fingerprint density at radius 3 is 2.15 bits per heavy atom. The summed E-state index contributed by atoms with van der Waals surface area (Å²) in [5, 5.41) is 12.4. The molecule has 1 aliphatic rings. The lowest BCUT2D eigenvalue weighted by Crippen LogP contribution is -2.50. The molecule has 0 radical (unpaired) electrons. The summed E-state index contributed by atoms with van der Waals surface area (Å²) >= 11 is 0. The minimum absolute atomic E-state index is 0.686. The normalized spacial score (nSPS) is 20.8. The number of carboxylic acids is 1. The second kappa shape index (κ2) is 8.60. The molecule has 1 saturated heterocycles. The van der Waals surface area contributed by atoms with Crippen molar-refractivity contribution in [2.45, 2.75) is 45.6 Å². The molecule has 1 aliphatic heterocycles. The summed E-state index contributed by atoms with van der Waals surface area (Å²) in [5.74, 6) is -0.743.